The Hall–Kier alpha value is -1.27. The van der Waals surface area contributed by atoms with Gasteiger partial charge in [0.2, 0.25) is 0 Å². The van der Waals surface area contributed by atoms with Crippen molar-refractivity contribution in [3.63, 3.8) is 0 Å². The molecule has 1 rings (SSSR count). The van der Waals surface area contributed by atoms with Gasteiger partial charge in [0, 0.05) is 6.20 Å². The van der Waals surface area contributed by atoms with Crippen LogP contribution in [-0.4, -0.2) is 7.11 Å². The van der Waals surface area contributed by atoms with E-state index in [0.717, 1.165) is 5.57 Å². The van der Waals surface area contributed by atoms with Crippen LogP contribution in [0.3, 0.4) is 0 Å². The molecule has 0 aromatic rings. The molecule has 0 radical (unpaired) electrons. The first-order valence-corrected chi connectivity index (χ1v) is 5.19. The van der Waals surface area contributed by atoms with Crippen molar-refractivity contribution >= 4 is 0 Å². The molecule has 1 aliphatic rings. The summed E-state index contributed by atoms with van der Waals surface area (Å²) in [6.07, 6.45) is 7.88. The van der Waals surface area contributed by atoms with Crippen LogP contribution in [0.15, 0.2) is 23.9 Å². The molecule has 0 saturated heterocycles. The number of nitriles is 1. The number of allylic oxidation sites excluding steroid dienone is 3. The maximum atomic E-state index is 9.21. The van der Waals surface area contributed by atoms with E-state index in [2.05, 4.69) is 16.4 Å². The van der Waals surface area contributed by atoms with E-state index in [1.54, 1.807) is 13.3 Å². The summed E-state index contributed by atoms with van der Waals surface area (Å²) in [6, 6.07) is 2.43. The number of nitrogens with one attached hydrogen (secondary N) is 1. The zero-order valence-corrected chi connectivity index (χ0v) is 9.58. The Bertz CT molecular complexity index is 310. The van der Waals surface area contributed by atoms with Crippen molar-refractivity contribution in [2.75, 3.05) is 7.11 Å². The summed E-state index contributed by atoms with van der Waals surface area (Å²) in [5.74, 6) is 0.544. The van der Waals surface area contributed by atoms with E-state index >= 15 is 0 Å². The molecule has 0 bridgehead atoms. The Balaban J connectivity index is 2.64. The Morgan fingerprint density at radius 1 is 1.60 bits per heavy atom. The molecule has 0 aromatic heterocycles. The van der Waals surface area contributed by atoms with Gasteiger partial charge in [0.15, 0.2) is 0 Å². The molecule has 1 saturated carbocycles. The van der Waals surface area contributed by atoms with E-state index < -0.39 is 0 Å². The third kappa shape index (κ3) is 2.84. The van der Waals surface area contributed by atoms with Gasteiger partial charge in [0.25, 0.3) is 0 Å². The van der Waals surface area contributed by atoms with Crippen molar-refractivity contribution in [1.82, 2.24) is 5.48 Å². The topological polar surface area (TPSA) is 45.0 Å². The van der Waals surface area contributed by atoms with Gasteiger partial charge in [-0.05, 0) is 38.7 Å². The van der Waals surface area contributed by atoms with Gasteiger partial charge in [-0.2, -0.15) is 5.26 Å². The van der Waals surface area contributed by atoms with Crippen molar-refractivity contribution in [3.8, 4) is 6.07 Å². The highest BCUT2D eigenvalue weighted by Gasteiger charge is 2.42. The number of nitrogens with zero attached hydrogens (tertiary/aromatic N) is 1. The summed E-state index contributed by atoms with van der Waals surface area (Å²) in [7, 11) is 1.56. The summed E-state index contributed by atoms with van der Waals surface area (Å²) in [6.45, 7) is 4.03. The molecule has 0 spiro atoms. The van der Waals surface area contributed by atoms with E-state index in [9.17, 15) is 5.26 Å². The summed E-state index contributed by atoms with van der Waals surface area (Å²) in [5.41, 5.74) is 3.43. The average Bonchev–Trinajstić information content (AvgIpc) is 3.06. The maximum Gasteiger partial charge on any atom is 0.0783 e. The molecule has 3 nitrogen and oxygen atoms in total. The molecule has 0 amide bonds. The highest BCUT2D eigenvalue weighted by Crippen LogP contribution is 2.49. The molecular weight excluding hydrogens is 188 g/mol. The zero-order valence-electron chi connectivity index (χ0n) is 9.58. The average molecular weight is 206 g/mol. The first-order valence-electron chi connectivity index (χ1n) is 5.19. The lowest BCUT2D eigenvalue weighted by Crippen LogP contribution is -2.17. The van der Waals surface area contributed by atoms with Gasteiger partial charge in [-0.25, -0.2) is 0 Å². The minimum absolute atomic E-state index is 0.294. The van der Waals surface area contributed by atoms with E-state index in [1.165, 1.54) is 12.8 Å². The Morgan fingerprint density at radius 3 is 2.73 bits per heavy atom. The summed E-state index contributed by atoms with van der Waals surface area (Å²) < 4.78 is 0. The Kier molecular flexibility index (Phi) is 3.93. The quantitative estimate of drug-likeness (QED) is 0.555. The Morgan fingerprint density at radius 2 is 2.27 bits per heavy atom. The highest BCUT2D eigenvalue weighted by molar-refractivity contribution is 5.27. The number of hydroxylamine groups is 1. The van der Waals surface area contributed by atoms with Crippen LogP contribution in [0.5, 0.6) is 0 Å². The minimum Gasteiger partial charge on any atom is -0.280 e. The smallest absolute Gasteiger partial charge is 0.0783 e. The van der Waals surface area contributed by atoms with E-state index in [0.29, 0.717) is 5.92 Å². The number of hydrogen-bond acceptors (Lipinski definition) is 3. The van der Waals surface area contributed by atoms with Gasteiger partial charge in [0.1, 0.15) is 0 Å². The van der Waals surface area contributed by atoms with Crippen molar-refractivity contribution in [1.29, 1.82) is 5.26 Å². The van der Waals surface area contributed by atoms with Crippen LogP contribution >= 0.6 is 0 Å². The molecule has 15 heavy (non-hydrogen) atoms. The van der Waals surface area contributed by atoms with Crippen LogP contribution in [0.4, 0.5) is 0 Å². The van der Waals surface area contributed by atoms with Crippen molar-refractivity contribution in [2.24, 2.45) is 11.3 Å². The molecule has 1 unspecified atom stereocenters. The lowest BCUT2D eigenvalue weighted by atomic mass is 9.79. The normalized spacial score (nSPS) is 21.1. The first kappa shape index (κ1) is 11.8. The predicted molar refractivity (Wildman–Crippen MR) is 59.5 cm³/mol. The Labute approximate surface area is 91.4 Å². The molecule has 0 heterocycles. The fourth-order valence-corrected chi connectivity index (χ4v) is 1.64. The molecule has 1 aliphatic carbocycles. The van der Waals surface area contributed by atoms with Gasteiger partial charge in [-0.15, -0.1) is 0 Å². The van der Waals surface area contributed by atoms with Crippen LogP contribution in [-0.2, 0) is 4.84 Å². The van der Waals surface area contributed by atoms with Crippen LogP contribution in [0, 0.1) is 22.7 Å². The highest BCUT2D eigenvalue weighted by atomic mass is 16.6. The van der Waals surface area contributed by atoms with Crippen LogP contribution in [0.2, 0.25) is 0 Å². The van der Waals surface area contributed by atoms with Gasteiger partial charge < -0.3 is 0 Å². The molecular formula is C12H18N2O. The van der Waals surface area contributed by atoms with Crippen molar-refractivity contribution < 1.29 is 4.84 Å². The molecule has 0 aliphatic heterocycles. The molecule has 3 heteroatoms. The lowest BCUT2D eigenvalue weighted by molar-refractivity contribution is 0.128. The fourth-order valence-electron chi connectivity index (χ4n) is 1.64. The fraction of sp³-hybridized carbons (Fsp3) is 0.583. The number of hydrogen-bond donors (Lipinski definition) is 1. The second kappa shape index (κ2) is 4.99. The molecule has 1 fully saturated rings. The first-order chi connectivity index (χ1) is 7.15. The van der Waals surface area contributed by atoms with Gasteiger partial charge in [0.05, 0.1) is 18.6 Å². The number of rotatable bonds is 5. The second-order valence-electron chi connectivity index (χ2n) is 4.12. The SMILES string of the molecule is CON/C=C\C=C(/C)C(C)(C#N)C1CC1. The van der Waals surface area contributed by atoms with E-state index in [-0.39, 0.29) is 5.41 Å². The molecule has 1 atom stereocenters. The van der Waals surface area contributed by atoms with E-state index in [4.69, 9.17) is 0 Å². The van der Waals surface area contributed by atoms with Crippen LogP contribution < -0.4 is 5.48 Å². The third-order valence-electron chi connectivity index (χ3n) is 3.07. The summed E-state index contributed by atoms with van der Waals surface area (Å²) >= 11 is 0. The van der Waals surface area contributed by atoms with Crippen LogP contribution in [0.1, 0.15) is 26.7 Å². The van der Waals surface area contributed by atoms with Crippen LogP contribution in [0.25, 0.3) is 0 Å². The maximum absolute atomic E-state index is 9.21. The van der Waals surface area contributed by atoms with Gasteiger partial charge in [-0.3, -0.25) is 10.3 Å². The van der Waals surface area contributed by atoms with Gasteiger partial charge in [-0.1, -0.05) is 11.6 Å². The van der Waals surface area contributed by atoms with Crippen molar-refractivity contribution in [2.45, 2.75) is 26.7 Å². The van der Waals surface area contributed by atoms with Crippen molar-refractivity contribution in [3.05, 3.63) is 23.9 Å². The minimum atomic E-state index is -0.294. The third-order valence-corrected chi connectivity index (χ3v) is 3.07. The zero-order chi connectivity index (χ0) is 11.3. The standard InChI is InChI=1S/C12H18N2O/c1-10(5-4-8-14-15-3)12(2,9-13)11-6-7-11/h4-5,8,11,14H,6-7H2,1-3H3/b8-4-,10-5+. The summed E-state index contributed by atoms with van der Waals surface area (Å²) in [4.78, 5) is 4.66. The largest absolute Gasteiger partial charge is 0.280 e. The molecule has 1 N–H and O–H groups in total. The molecule has 0 aromatic carbocycles. The summed E-state index contributed by atoms with van der Waals surface area (Å²) in [5, 5.41) is 9.21. The molecule has 82 valence electrons. The predicted octanol–water partition coefficient (Wildman–Crippen LogP) is 2.54. The second-order valence-corrected chi connectivity index (χ2v) is 4.12. The monoisotopic (exact) mass is 206 g/mol. The lowest BCUT2D eigenvalue weighted by Gasteiger charge is -2.21. The van der Waals surface area contributed by atoms with E-state index in [1.807, 2.05) is 26.0 Å². The van der Waals surface area contributed by atoms with Gasteiger partial charge >= 0.3 is 0 Å².